The van der Waals surface area contributed by atoms with Gasteiger partial charge in [0, 0.05) is 18.7 Å². The molecule has 1 unspecified atom stereocenters. The number of hydrogen-bond donors (Lipinski definition) is 0. The standard InChI is InChI=1S/C14H16F3NO/c1-10-4-3-7-18(9-10)13(19)11-5-2-6-12(8-11)14(15,16)17/h2,5-6,8,10H,3-4,7,9H2,1H3. The minimum absolute atomic E-state index is 0.115. The Morgan fingerprint density at radius 1 is 1.37 bits per heavy atom. The van der Waals surface area contributed by atoms with Crippen molar-refractivity contribution in [3.8, 4) is 0 Å². The highest BCUT2D eigenvalue weighted by Crippen LogP contribution is 2.30. The van der Waals surface area contributed by atoms with Crippen LogP contribution < -0.4 is 0 Å². The first-order chi connectivity index (χ1) is 8.88. The quantitative estimate of drug-likeness (QED) is 0.764. The van der Waals surface area contributed by atoms with Crippen LogP contribution in [0, 0.1) is 5.92 Å². The predicted molar refractivity (Wildman–Crippen MR) is 65.7 cm³/mol. The molecule has 104 valence electrons. The number of nitrogens with zero attached hydrogens (tertiary/aromatic N) is 1. The van der Waals surface area contributed by atoms with Crippen molar-refractivity contribution in [1.82, 2.24) is 4.90 Å². The molecule has 1 aromatic carbocycles. The summed E-state index contributed by atoms with van der Waals surface area (Å²) in [6.07, 6.45) is -2.44. The van der Waals surface area contributed by atoms with Crippen molar-refractivity contribution in [1.29, 1.82) is 0 Å². The monoisotopic (exact) mass is 271 g/mol. The zero-order chi connectivity index (χ0) is 14.0. The molecule has 0 N–H and O–H groups in total. The van der Waals surface area contributed by atoms with Gasteiger partial charge in [-0.2, -0.15) is 13.2 Å². The molecule has 0 saturated carbocycles. The lowest BCUT2D eigenvalue weighted by Gasteiger charge is -2.31. The second kappa shape index (κ2) is 5.23. The van der Waals surface area contributed by atoms with Gasteiger partial charge in [0.1, 0.15) is 0 Å². The molecule has 2 nitrogen and oxygen atoms in total. The van der Waals surface area contributed by atoms with Gasteiger partial charge in [-0.05, 0) is 37.0 Å². The van der Waals surface area contributed by atoms with Crippen LogP contribution in [0.2, 0.25) is 0 Å². The molecule has 1 fully saturated rings. The molecule has 1 aliphatic heterocycles. The van der Waals surface area contributed by atoms with Crippen molar-refractivity contribution in [2.45, 2.75) is 25.9 Å². The number of carbonyl (C=O) groups is 1. The Labute approximate surface area is 110 Å². The first kappa shape index (κ1) is 13.9. The summed E-state index contributed by atoms with van der Waals surface area (Å²) in [4.78, 5) is 13.8. The first-order valence-corrected chi connectivity index (χ1v) is 6.34. The number of likely N-dealkylation sites (tertiary alicyclic amines) is 1. The van der Waals surface area contributed by atoms with Crippen LogP contribution in [-0.2, 0) is 6.18 Å². The minimum Gasteiger partial charge on any atom is -0.338 e. The molecule has 0 radical (unpaired) electrons. The van der Waals surface area contributed by atoms with Gasteiger partial charge in [-0.1, -0.05) is 13.0 Å². The van der Waals surface area contributed by atoms with Gasteiger partial charge in [0.25, 0.3) is 5.91 Å². The third-order valence-electron chi connectivity index (χ3n) is 3.38. The second-order valence-electron chi connectivity index (χ2n) is 5.08. The second-order valence-corrected chi connectivity index (χ2v) is 5.08. The maximum absolute atomic E-state index is 12.6. The average Bonchev–Trinajstić information content (AvgIpc) is 2.37. The Balaban J connectivity index is 2.19. The number of rotatable bonds is 1. The van der Waals surface area contributed by atoms with Crippen molar-refractivity contribution in [3.05, 3.63) is 35.4 Å². The van der Waals surface area contributed by atoms with E-state index in [0.717, 1.165) is 25.0 Å². The number of alkyl halides is 3. The van der Waals surface area contributed by atoms with Crippen LogP contribution in [0.3, 0.4) is 0 Å². The van der Waals surface area contributed by atoms with E-state index in [9.17, 15) is 18.0 Å². The molecule has 1 amide bonds. The fourth-order valence-electron chi connectivity index (χ4n) is 2.38. The SMILES string of the molecule is CC1CCCN(C(=O)c2cccc(C(F)(F)F)c2)C1. The molecular formula is C14H16F3NO. The normalized spacial score (nSPS) is 20.4. The van der Waals surface area contributed by atoms with E-state index in [2.05, 4.69) is 0 Å². The van der Waals surface area contributed by atoms with E-state index in [1.807, 2.05) is 6.92 Å². The molecule has 2 rings (SSSR count). The summed E-state index contributed by atoms with van der Waals surface area (Å²) in [5.74, 6) is 0.0983. The Kier molecular flexibility index (Phi) is 3.83. The van der Waals surface area contributed by atoms with Gasteiger partial charge >= 0.3 is 6.18 Å². The van der Waals surface area contributed by atoms with Gasteiger partial charge in [0.15, 0.2) is 0 Å². The van der Waals surface area contributed by atoms with Crippen molar-refractivity contribution in [2.24, 2.45) is 5.92 Å². The number of benzene rings is 1. The Morgan fingerprint density at radius 3 is 2.74 bits per heavy atom. The van der Waals surface area contributed by atoms with E-state index in [-0.39, 0.29) is 11.5 Å². The maximum atomic E-state index is 12.6. The largest absolute Gasteiger partial charge is 0.416 e. The number of halogens is 3. The molecule has 1 saturated heterocycles. The smallest absolute Gasteiger partial charge is 0.338 e. The van der Waals surface area contributed by atoms with Crippen LogP contribution in [0.15, 0.2) is 24.3 Å². The first-order valence-electron chi connectivity index (χ1n) is 6.34. The van der Waals surface area contributed by atoms with E-state index in [1.54, 1.807) is 4.90 Å². The van der Waals surface area contributed by atoms with Gasteiger partial charge in [0.2, 0.25) is 0 Å². The van der Waals surface area contributed by atoms with Gasteiger partial charge in [0.05, 0.1) is 5.56 Å². The minimum atomic E-state index is -4.41. The van der Waals surface area contributed by atoms with E-state index in [0.29, 0.717) is 19.0 Å². The van der Waals surface area contributed by atoms with E-state index < -0.39 is 11.7 Å². The van der Waals surface area contributed by atoms with E-state index >= 15 is 0 Å². The zero-order valence-electron chi connectivity index (χ0n) is 10.7. The van der Waals surface area contributed by atoms with E-state index in [1.165, 1.54) is 12.1 Å². The molecule has 1 aromatic rings. The molecule has 0 spiro atoms. The molecule has 1 heterocycles. The summed E-state index contributed by atoms with van der Waals surface area (Å²) in [5, 5.41) is 0. The lowest BCUT2D eigenvalue weighted by Crippen LogP contribution is -2.39. The summed E-state index contributed by atoms with van der Waals surface area (Å²) < 4.78 is 37.8. The van der Waals surface area contributed by atoms with Crippen LogP contribution in [0.5, 0.6) is 0 Å². The van der Waals surface area contributed by atoms with Gasteiger partial charge in [-0.3, -0.25) is 4.79 Å². The third kappa shape index (κ3) is 3.28. The van der Waals surface area contributed by atoms with Crippen molar-refractivity contribution in [3.63, 3.8) is 0 Å². The van der Waals surface area contributed by atoms with Gasteiger partial charge < -0.3 is 4.90 Å². The third-order valence-corrected chi connectivity index (χ3v) is 3.38. The number of carbonyl (C=O) groups excluding carboxylic acids is 1. The van der Waals surface area contributed by atoms with Crippen LogP contribution >= 0.6 is 0 Å². The summed E-state index contributed by atoms with van der Waals surface area (Å²) in [5.41, 5.74) is -0.660. The highest BCUT2D eigenvalue weighted by molar-refractivity contribution is 5.94. The topological polar surface area (TPSA) is 20.3 Å². The van der Waals surface area contributed by atoms with Gasteiger partial charge in [-0.15, -0.1) is 0 Å². The molecule has 0 bridgehead atoms. The highest BCUT2D eigenvalue weighted by Gasteiger charge is 2.31. The molecule has 1 atom stereocenters. The highest BCUT2D eigenvalue weighted by atomic mass is 19.4. The van der Waals surface area contributed by atoms with Crippen LogP contribution in [0.4, 0.5) is 13.2 Å². The van der Waals surface area contributed by atoms with Crippen LogP contribution in [0.25, 0.3) is 0 Å². The zero-order valence-corrected chi connectivity index (χ0v) is 10.7. The number of amides is 1. The lowest BCUT2D eigenvalue weighted by atomic mass is 9.99. The predicted octanol–water partition coefficient (Wildman–Crippen LogP) is 3.58. The molecule has 1 aliphatic rings. The summed E-state index contributed by atoms with van der Waals surface area (Å²) in [6.45, 7) is 3.29. The molecule has 0 aliphatic carbocycles. The van der Waals surface area contributed by atoms with Crippen molar-refractivity contribution >= 4 is 5.91 Å². The lowest BCUT2D eigenvalue weighted by molar-refractivity contribution is -0.137. The molecule has 0 aromatic heterocycles. The number of hydrogen-bond acceptors (Lipinski definition) is 1. The molecular weight excluding hydrogens is 255 g/mol. The Morgan fingerprint density at radius 2 is 2.11 bits per heavy atom. The maximum Gasteiger partial charge on any atom is 0.416 e. The average molecular weight is 271 g/mol. The van der Waals surface area contributed by atoms with Crippen LogP contribution in [-0.4, -0.2) is 23.9 Å². The van der Waals surface area contributed by atoms with Crippen molar-refractivity contribution in [2.75, 3.05) is 13.1 Å². The summed E-state index contributed by atoms with van der Waals surface area (Å²) in [6, 6.07) is 4.64. The van der Waals surface area contributed by atoms with E-state index in [4.69, 9.17) is 0 Å². The van der Waals surface area contributed by atoms with Crippen LogP contribution in [0.1, 0.15) is 35.7 Å². The fourth-order valence-corrected chi connectivity index (χ4v) is 2.38. The molecule has 5 heteroatoms. The number of piperidine rings is 1. The van der Waals surface area contributed by atoms with Crippen molar-refractivity contribution < 1.29 is 18.0 Å². The molecule has 19 heavy (non-hydrogen) atoms. The summed E-state index contributed by atoms with van der Waals surface area (Å²) in [7, 11) is 0. The Hall–Kier alpha value is -1.52. The summed E-state index contributed by atoms with van der Waals surface area (Å²) >= 11 is 0. The fraction of sp³-hybridized carbons (Fsp3) is 0.500. The van der Waals surface area contributed by atoms with Gasteiger partial charge in [-0.25, -0.2) is 0 Å². The Bertz CT molecular complexity index is 470.